The number of nitrogens with zero attached hydrogens (tertiary/aromatic N) is 2. The van der Waals surface area contributed by atoms with Crippen LogP contribution in [0.2, 0.25) is 0 Å². The third kappa shape index (κ3) is 6.93. The molecule has 2 aliphatic heterocycles. The number of aliphatic hydroxyl groups excluding tert-OH is 1. The fourth-order valence-corrected chi connectivity index (χ4v) is 3.80. The molecular weight excluding hydrogens is 502 g/mol. The van der Waals surface area contributed by atoms with Gasteiger partial charge in [0, 0.05) is 44.8 Å². The van der Waals surface area contributed by atoms with Crippen molar-refractivity contribution in [2.45, 2.75) is 26.3 Å². The van der Waals surface area contributed by atoms with Gasteiger partial charge in [-0.05, 0) is 37.5 Å². The molecule has 30 heavy (non-hydrogen) atoms. The number of guanidine groups is 1. The van der Waals surface area contributed by atoms with Crippen LogP contribution >= 0.6 is 24.0 Å². The van der Waals surface area contributed by atoms with Gasteiger partial charge in [0.25, 0.3) is 0 Å². The van der Waals surface area contributed by atoms with Crippen molar-refractivity contribution in [3.8, 4) is 0 Å². The molecule has 0 radical (unpaired) electrons. The van der Waals surface area contributed by atoms with Gasteiger partial charge in [-0.25, -0.2) is 9.38 Å². The van der Waals surface area contributed by atoms with Crippen molar-refractivity contribution in [2.75, 3.05) is 64.1 Å². The molecule has 2 heterocycles. The molecule has 170 valence electrons. The molecule has 1 unspecified atom stereocenters. The van der Waals surface area contributed by atoms with Crippen molar-refractivity contribution in [2.24, 2.45) is 10.4 Å². The van der Waals surface area contributed by atoms with Crippen LogP contribution in [0.5, 0.6) is 0 Å². The molecule has 0 aliphatic carbocycles. The van der Waals surface area contributed by atoms with Gasteiger partial charge >= 0.3 is 0 Å². The summed E-state index contributed by atoms with van der Waals surface area (Å²) in [6.07, 6.45) is 1.63. The molecule has 3 N–H and O–H groups in total. The van der Waals surface area contributed by atoms with Gasteiger partial charge in [-0.1, -0.05) is 6.07 Å². The van der Waals surface area contributed by atoms with E-state index < -0.39 is 0 Å². The first-order valence-corrected chi connectivity index (χ1v) is 10.5. The van der Waals surface area contributed by atoms with E-state index in [0.29, 0.717) is 64.1 Å². The molecule has 0 bridgehead atoms. The van der Waals surface area contributed by atoms with Crippen molar-refractivity contribution in [3.63, 3.8) is 0 Å². The molecule has 0 aromatic heterocycles. The summed E-state index contributed by atoms with van der Waals surface area (Å²) in [7, 11) is 0. The zero-order valence-electron chi connectivity index (χ0n) is 17.7. The van der Waals surface area contributed by atoms with Crippen molar-refractivity contribution in [3.05, 3.63) is 29.6 Å². The van der Waals surface area contributed by atoms with Crippen LogP contribution in [0.25, 0.3) is 0 Å². The third-order valence-electron chi connectivity index (χ3n) is 5.59. The second kappa shape index (κ2) is 12.6. The molecule has 2 aliphatic rings. The third-order valence-corrected chi connectivity index (χ3v) is 5.59. The zero-order valence-corrected chi connectivity index (χ0v) is 20.0. The van der Waals surface area contributed by atoms with E-state index in [0.717, 1.165) is 25.1 Å². The molecular formula is C21H34FIN4O3. The lowest BCUT2D eigenvalue weighted by Gasteiger charge is -2.29. The van der Waals surface area contributed by atoms with Gasteiger partial charge in [-0.2, -0.15) is 0 Å². The van der Waals surface area contributed by atoms with E-state index in [2.05, 4.69) is 15.6 Å². The molecule has 1 atom stereocenters. The Morgan fingerprint density at radius 2 is 2.03 bits per heavy atom. The molecule has 0 amide bonds. The van der Waals surface area contributed by atoms with Gasteiger partial charge in [0.2, 0.25) is 0 Å². The summed E-state index contributed by atoms with van der Waals surface area (Å²) in [5.41, 5.74) is 1.39. The second-order valence-corrected chi connectivity index (χ2v) is 7.71. The van der Waals surface area contributed by atoms with E-state index in [-0.39, 0.29) is 41.8 Å². The predicted octanol–water partition coefficient (Wildman–Crippen LogP) is 2.12. The number of aliphatic imine (C=N–C) groups is 1. The van der Waals surface area contributed by atoms with Gasteiger partial charge in [0.15, 0.2) is 5.96 Å². The number of rotatable bonds is 8. The largest absolute Gasteiger partial charge is 0.396 e. The maximum atomic E-state index is 14.6. The van der Waals surface area contributed by atoms with Gasteiger partial charge in [-0.15, -0.1) is 24.0 Å². The minimum Gasteiger partial charge on any atom is -0.396 e. The van der Waals surface area contributed by atoms with Gasteiger partial charge in [0.05, 0.1) is 32.1 Å². The molecule has 1 aromatic rings. The van der Waals surface area contributed by atoms with E-state index in [9.17, 15) is 9.50 Å². The number of anilines is 1. The first kappa shape index (κ1) is 25.1. The number of hydrogen-bond donors (Lipinski definition) is 3. The van der Waals surface area contributed by atoms with Crippen molar-refractivity contribution in [1.82, 2.24) is 10.6 Å². The van der Waals surface area contributed by atoms with Crippen LogP contribution in [0.15, 0.2) is 23.2 Å². The van der Waals surface area contributed by atoms with Gasteiger partial charge < -0.3 is 30.1 Å². The summed E-state index contributed by atoms with van der Waals surface area (Å²) in [5.74, 6) is 0.469. The summed E-state index contributed by atoms with van der Waals surface area (Å²) in [4.78, 5) is 6.63. The SMILES string of the molecule is CCNC(=NCc1ccc(N2CCOCC2)c(F)c1)NCC1(CCO)CCOC1.I. The van der Waals surface area contributed by atoms with Crippen molar-refractivity contribution < 1.29 is 19.0 Å². The smallest absolute Gasteiger partial charge is 0.191 e. The molecule has 3 rings (SSSR count). The lowest BCUT2D eigenvalue weighted by Crippen LogP contribution is -2.44. The van der Waals surface area contributed by atoms with Gasteiger partial charge in [-0.3, -0.25) is 0 Å². The van der Waals surface area contributed by atoms with Crippen LogP contribution in [0, 0.1) is 11.2 Å². The number of benzene rings is 1. The van der Waals surface area contributed by atoms with E-state index in [1.54, 1.807) is 6.07 Å². The highest BCUT2D eigenvalue weighted by atomic mass is 127. The Kier molecular flexibility index (Phi) is 10.6. The topological polar surface area (TPSA) is 78.4 Å². The molecule has 2 saturated heterocycles. The Labute approximate surface area is 195 Å². The van der Waals surface area contributed by atoms with Crippen LogP contribution in [-0.2, 0) is 16.0 Å². The Hall–Kier alpha value is -1.17. The van der Waals surface area contributed by atoms with E-state index in [4.69, 9.17) is 9.47 Å². The highest BCUT2D eigenvalue weighted by Gasteiger charge is 2.34. The second-order valence-electron chi connectivity index (χ2n) is 7.71. The summed E-state index contributed by atoms with van der Waals surface area (Å²) >= 11 is 0. The van der Waals surface area contributed by atoms with E-state index in [1.807, 2.05) is 24.0 Å². The quantitative estimate of drug-likeness (QED) is 0.269. The highest BCUT2D eigenvalue weighted by Crippen LogP contribution is 2.31. The Bertz CT molecular complexity index is 680. The average Bonchev–Trinajstić information content (AvgIpc) is 3.20. The minimum absolute atomic E-state index is 0. The first-order chi connectivity index (χ1) is 14.2. The molecule has 0 spiro atoms. The minimum atomic E-state index is -0.220. The van der Waals surface area contributed by atoms with E-state index >= 15 is 0 Å². The number of nitrogens with one attached hydrogen (secondary N) is 2. The molecule has 2 fully saturated rings. The number of ether oxygens (including phenoxy) is 2. The van der Waals surface area contributed by atoms with Gasteiger partial charge in [0.1, 0.15) is 5.82 Å². The monoisotopic (exact) mass is 536 g/mol. The number of aliphatic hydroxyl groups is 1. The summed E-state index contributed by atoms with van der Waals surface area (Å²) in [5, 5.41) is 16.0. The standard InChI is InChI=1S/C21H33FN4O3.HI/c1-2-23-20(25-15-21(5-9-27)6-10-29-16-21)24-14-17-3-4-19(18(22)13-17)26-7-11-28-12-8-26;/h3-4,13,27H,2,5-12,14-16H2,1H3,(H2,23,24,25);1H. The maximum absolute atomic E-state index is 14.6. The first-order valence-electron chi connectivity index (χ1n) is 10.5. The van der Waals surface area contributed by atoms with Crippen molar-refractivity contribution in [1.29, 1.82) is 0 Å². The van der Waals surface area contributed by atoms with Crippen LogP contribution < -0.4 is 15.5 Å². The van der Waals surface area contributed by atoms with Crippen molar-refractivity contribution >= 4 is 35.6 Å². The van der Waals surface area contributed by atoms with Crippen LogP contribution in [0.3, 0.4) is 0 Å². The van der Waals surface area contributed by atoms with Crippen LogP contribution in [-0.4, -0.2) is 70.3 Å². The maximum Gasteiger partial charge on any atom is 0.191 e. The number of hydrogen-bond acceptors (Lipinski definition) is 5. The molecule has 7 nitrogen and oxygen atoms in total. The average molecular weight is 536 g/mol. The Balaban J connectivity index is 0.00000320. The number of morpholine rings is 1. The molecule has 1 aromatic carbocycles. The summed E-state index contributed by atoms with van der Waals surface area (Å²) < 4.78 is 25.5. The zero-order chi connectivity index (χ0) is 20.5. The summed E-state index contributed by atoms with van der Waals surface area (Å²) in [6.45, 7) is 8.02. The highest BCUT2D eigenvalue weighted by molar-refractivity contribution is 14.0. The Morgan fingerprint density at radius 3 is 2.67 bits per heavy atom. The normalized spacial score (nSPS) is 22.0. The Morgan fingerprint density at radius 1 is 1.23 bits per heavy atom. The van der Waals surface area contributed by atoms with E-state index in [1.165, 1.54) is 0 Å². The predicted molar refractivity (Wildman–Crippen MR) is 127 cm³/mol. The summed E-state index contributed by atoms with van der Waals surface area (Å²) in [6, 6.07) is 5.33. The lowest BCUT2D eigenvalue weighted by molar-refractivity contribution is 0.122. The molecule has 9 heteroatoms. The number of halogens is 2. The van der Waals surface area contributed by atoms with Crippen LogP contribution in [0.1, 0.15) is 25.3 Å². The lowest BCUT2D eigenvalue weighted by atomic mass is 9.84. The fourth-order valence-electron chi connectivity index (χ4n) is 3.80. The molecule has 0 saturated carbocycles. The fraction of sp³-hybridized carbons (Fsp3) is 0.667. The van der Waals surface area contributed by atoms with Crippen LogP contribution in [0.4, 0.5) is 10.1 Å².